The molecule has 0 rings (SSSR count). The normalized spacial score (nSPS) is 15.9. The predicted octanol–water partition coefficient (Wildman–Crippen LogP) is 1.67. The number of amides is 1. The van der Waals surface area contributed by atoms with Gasteiger partial charge in [-0.25, -0.2) is 4.79 Å². The SMILES string of the molecule is CC[C@@H](O)[C@@H](C)NC(=O)OC(C)(C)C. The van der Waals surface area contributed by atoms with Crippen LogP contribution in [0.4, 0.5) is 4.79 Å². The second-order valence-electron chi connectivity index (χ2n) is 4.41. The van der Waals surface area contributed by atoms with Crippen molar-refractivity contribution >= 4 is 6.09 Å². The van der Waals surface area contributed by atoms with Crippen LogP contribution in [-0.2, 0) is 4.74 Å². The van der Waals surface area contributed by atoms with Gasteiger partial charge in [-0.3, -0.25) is 0 Å². The average molecular weight is 203 g/mol. The van der Waals surface area contributed by atoms with E-state index >= 15 is 0 Å². The van der Waals surface area contributed by atoms with Crippen LogP contribution in [0.2, 0.25) is 0 Å². The minimum atomic E-state index is -0.525. The highest BCUT2D eigenvalue weighted by atomic mass is 16.6. The Bertz CT molecular complexity index is 186. The Morgan fingerprint density at radius 2 is 2.00 bits per heavy atom. The molecule has 4 heteroatoms. The molecule has 14 heavy (non-hydrogen) atoms. The van der Waals surface area contributed by atoms with Gasteiger partial charge in [0.25, 0.3) is 0 Å². The van der Waals surface area contributed by atoms with Gasteiger partial charge in [-0.2, -0.15) is 0 Å². The summed E-state index contributed by atoms with van der Waals surface area (Å²) in [5, 5.41) is 12.0. The third-order valence-corrected chi connectivity index (χ3v) is 1.74. The van der Waals surface area contributed by atoms with Crippen molar-refractivity contribution in [3.8, 4) is 0 Å². The molecule has 0 heterocycles. The highest BCUT2D eigenvalue weighted by molar-refractivity contribution is 5.68. The van der Waals surface area contributed by atoms with Gasteiger partial charge < -0.3 is 15.2 Å². The lowest BCUT2D eigenvalue weighted by Crippen LogP contribution is -2.43. The summed E-state index contributed by atoms with van der Waals surface area (Å²) in [6.07, 6.45) is -0.406. The Morgan fingerprint density at radius 3 is 2.36 bits per heavy atom. The smallest absolute Gasteiger partial charge is 0.407 e. The van der Waals surface area contributed by atoms with E-state index in [1.54, 1.807) is 27.7 Å². The van der Waals surface area contributed by atoms with Crippen LogP contribution in [-0.4, -0.2) is 28.9 Å². The van der Waals surface area contributed by atoms with E-state index in [0.29, 0.717) is 6.42 Å². The quantitative estimate of drug-likeness (QED) is 0.733. The molecule has 0 aliphatic heterocycles. The van der Waals surface area contributed by atoms with E-state index in [4.69, 9.17) is 4.74 Å². The minimum Gasteiger partial charge on any atom is -0.444 e. The number of carbonyl (C=O) groups excluding carboxylic acids is 1. The number of aliphatic hydroxyl groups is 1. The molecule has 0 fully saturated rings. The summed E-state index contributed by atoms with van der Waals surface area (Å²) in [5.74, 6) is 0. The monoisotopic (exact) mass is 203 g/mol. The van der Waals surface area contributed by atoms with Crippen LogP contribution < -0.4 is 5.32 Å². The fraction of sp³-hybridized carbons (Fsp3) is 0.900. The second-order valence-corrected chi connectivity index (χ2v) is 4.41. The lowest BCUT2D eigenvalue weighted by molar-refractivity contribution is 0.0433. The zero-order chi connectivity index (χ0) is 11.4. The number of hydrogen-bond donors (Lipinski definition) is 2. The Morgan fingerprint density at radius 1 is 1.50 bits per heavy atom. The van der Waals surface area contributed by atoms with Crippen LogP contribution in [0.1, 0.15) is 41.0 Å². The Kier molecular flexibility index (Phi) is 4.91. The Labute approximate surface area is 85.6 Å². The molecule has 0 saturated heterocycles. The van der Waals surface area contributed by atoms with Crippen molar-refractivity contribution in [1.82, 2.24) is 5.32 Å². The number of aliphatic hydroxyl groups excluding tert-OH is 1. The molecule has 0 aliphatic rings. The summed E-state index contributed by atoms with van der Waals surface area (Å²) in [4.78, 5) is 11.2. The van der Waals surface area contributed by atoms with Crippen molar-refractivity contribution in [2.45, 2.75) is 58.8 Å². The van der Waals surface area contributed by atoms with Gasteiger partial charge in [0.1, 0.15) is 5.60 Å². The lowest BCUT2D eigenvalue weighted by atomic mass is 10.1. The third kappa shape index (κ3) is 5.80. The highest BCUT2D eigenvalue weighted by Gasteiger charge is 2.20. The summed E-state index contributed by atoms with van der Waals surface area (Å²) in [5.41, 5.74) is -0.499. The van der Waals surface area contributed by atoms with E-state index in [0.717, 1.165) is 0 Å². The van der Waals surface area contributed by atoms with Gasteiger partial charge in [0.15, 0.2) is 0 Å². The highest BCUT2D eigenvalue weighted by Crippen LogP contribution is 2.07. The first-order chi connectivity index (χ1) is 6.26. The molecule has 0 spiro atoms. The van der Waals surface area contributed by atoms with Gasteiger partial charge in [-0.15, -0.1) is 0 Å². The van der Waals surface area contributed by atoms with Crippen molar-refractivity contribution in [3.63, 3.8) is 0 Å². The van der Waals surface area contributed by atoms with E-state index in [9.17, 15) is 9.90 Å². The van der Waals surface area contributed by atoms with Gasteiger partial charge in [0.05, 0.1) is 12.1 Å². The maximum atomic E-state index is 11.2. The molecule has 0 aromatic rings. The third-order valence-electron chi connectivity index (χ3n) is 1.74. The molecule has 0 aliphatic carbocycles. The first-order valence-electron chi connectivity index (χ1n) is 4.94. The van der Waals surface area contributed by atoms with Gasteiger partial charge in [-0.1, -0.05) is 6.92 Å². The second kappa shape index (κ2) is 5.20. The van der Waals surface area contributed by atoms with E-state index in [1.807, 2.05) is 6.92 Å². The molecule has 84 valence electrons. The summed E-state index contributed by atoms with van der Waals surface area (Å²) in [7, 11) is 0. The number of rotatable bonds is 3. The summed E-state index contributed by atoms with van der Waals surface area (Å²) in [6, 6.07) is -0.283. The van der Waals surface area contributed by atoms with Crippen LogP contribution >= 0.6 is 0 Å². The zero-order valence-corrected chi connectivity index (χ0v) is 9.63. The van der Waals surface area contributed by atoms with Crippen molar-refractivity contribution in [2.75, 3.05) is 0 Å². The zero-order valence-electron chi connectivity index (χ0n) is 9.63. The van der Waals surface area contributed by atoms with Crippen LogP contribution in [0.25, 0.3) is 0 Å². The van der Waals surface area contributed by atoms with Crippen molar-refractivity contribution in [3.05, 3.63) is 0 Å². The van der Waals surface area contributed by atoms with Gasteiger partial charge in [0, 0.05) is 0 Å². The van der Waals surface area contributed by atoms with Gasteiger partial charge in [-0.05, 0) is 34.1 Å². The van der Waals surface area contributed by atoms with Crippen molar-refractivity contribution < 1.29 is 14.6 Å². The van der Waals surface area contributed by atoms with E-state index in [-0.39, 0.29) is 6.04 Å². The molecule has 2 N–H and O–H groups in total. The van der Waals surface area contributed by atoms with Crippen LogP contribution in [0.5, 0.6) is 0 Å². The fourth-order valence-corrected chi connectivity index (χ4v) is 0.943. The number of ether oxygens (including phenoxy) is 1. The molecule has 0 radical (unpaired) electrons. The number of carbonyl (C=O) groups is 1. The number of hydrogen-bond acceptors (Lipinski definition) is 3. The number of alkyl carbamates (subject to hydrolysis) is 1. The fourth-order valence-electron chi connectivity index (χ4n) is 0.943. The van der Waals surface area contributed by atoms with Gasteiger partial charge >= 0.3 is 6.09 Å². The largest absolute Gasteiger partial charge is 0.444 e. The molecule has 0 bridgehead atoms. The maximum absolute atomic E-state index is 11.2. The summed E-state index contributed by atoms with van der Waals surface area (Å²) >= 11 is 0. The average Bonchev–Trinajstić information content (AvgIpc) is 1.99. The molecular weight excluding hydrogens is 182 g/mol. The predicted molar refractivity (Wildman–Crippen MR) is 55.1 cm³/mol. The minimum absolute atomic E-state index is 0.283. The van der Waals surface area contributed by atoms with Gasteiger partial charge in [0.2, 0.25) is 0 Å². The van der Waals surface area contributed by atoms with Crippen LogP contribution in [0.15, 0.2) is 0 Å². The number of nitrogens with one attached hydrogen (secondary N) is 1. The molecule has 1 amide bonds. The van der Waals surface area contributed by atoms with E-state index < -0.39 is 17.8 Å². The standard InChI is InChI=1S/C10H21NO3/c1-6-8(12)7(2)11-9(13)14-10(3,4)5/h7-8,12H,6H2,1-5H3,(H,11,13)/t7-,8-/m1/s1. The molecule has 0 aromatic heterocycles. The maximum Gasteiger partial charge on any atom is 0.407 e. The van der Waals surface area contributed by atoms with Crippen molar-refractivity contribution in [2.24, 2.45) is 0 Å². The van der Waals surface area contributed by atoms with Crippen molar-refractivity contribution in [1.29, 1.82) is 0 Å². The Balaban J connectivity index is 3.95. The van der Waals surface area contributed by atoms with Crippen LogP contribution in [0, 0.1) is 0 Å². The first-order valence-corrected chi connectivity index (χ1v) is 4.94. The molecule has 0 unspecified atom stereocenters. The topological polar surface area (TPSA) is 58.6 Å². The first kappa shape index (κ1) is 13.2. The Hall–Kier alpha value is -0.770. The molecule has 0 saturated carbocycles. The molecule has 2 atom stereocenters. The van der Waals surface area contributed by atoms with E-state index in [1.165, 1.54) is 0 Å². The summed E-state index contributed by atoms with van der Waals surface area (Å²) in [6.45, 7) is 9.00. The van der Waals surface area contributed by atoms with E-state index in [2.05, 4.69) is 5.32 Å². The molecule has 4 nitrogen and oxygen atoms in total. The molecule has 0 aromatic carbocycles. The lowest BCUT2D eigenvalue weighted by Gasteiger charge is -2.23. The van der Waals surface area contributed by atoms with Crippen LogP contribution in [0.3, 0.4) is 0 Å². The molecular formula is C10H21NO3. The summed E-state index contributed by atoms with van der Waals surface area (Å²) < 4.78 is 5.04.